The van der Waals surface area contributed by atoms with Crippen LogP contribution in [0.3, 0.4) is 0 Å². The fourth-order valence-electron chi connectivity index (χ4n) is 9.86. The summed E-state index contributed by atoms with van der Waals surface area (Å²) in [6.07, 6.45) is 8.89. The Morgan fingerprint density at radius 1 is 1.26 bits per heavy atom. The molecule has 1 unspecified atom stereocenters. The second-order valence-electron chi connectivity index (χ2n) is 13.6. The Morgan fingerprint density at radius 2 is 2.05 bits per heavy atom. The number of aromatic amines is 1. The zero-order valence-corrected chi connectivity index (χ0v) is 23.8. The standard InChI is InChI=1S/C31H42N2O6/c1-18-16-32-19(2)25(18)26(35)38-20(3)22-8-9-30-23-7-6-21-14-29(36)11-10-27(21,4)31(23,39-29)24(34)15-28(22,30)17-33(5)12-13-37-30/h7-8,16,20-21,24,32,34,36H,6,9-15,17H2,1-5H3/t20?,21-,24-,27+,28+,29-,30+,31+/m1/s1. The van der Waals surface area contributed by atoms with Crippen molar-refractivity contribution in [1.29, 1.82) is 0 Å². The molecule has 1 aromatic rings. The molecule has 3 N–H and O–H groups in total. The summed E-state index contributed by atoms with van der Waals surface area (Å²) in [5.41, 5.74) is 1.65. The maximum Gasteiger partial charge on any atom is 0.340 e. The number of likely N-dealkylation sites (N-methyl/N-ethyl adjacent to an activating group) is 1. The zero-order chi connectivity index (χ0) is 27.6. The lowest BCUT2D eigenvalue weighted by Gasteiger charge is -2.73. The van der Waals surface area contributed by atoms with Gasteiger partial charge in [-0.1, -0.05) is 19.1 Å². The predicted molar refractivity (Wildman–Crippen MR) is 144 cm³/mol. The van der Waals surface area contributed by atoms with Crippen molar-refractivity contribution in [1.82, 2.24) is 9.88 Å². The number of esters is 1. The number of nitrogens with zero attached hydrogens (tertiary/aromatic N) is 1. The van der Waals surface area contributed by atoms with Crippen molar-refractivity contribution in [2.45, 2.75) is 95.4 Å². The fraction of sp³-hybridized carbons (Fsp3) is 0.710. The molecule has 1 aromatic heterocycles. The minimum Gasteiger partial charge on any atom is -0.454 e. The lowest BCUT2D eigenvalue weighted by Crippen LogP contribution is -2.79. The molecule has 4 bridgehead atoms. The molecule has 8 atom stereocenters. The van der Waals surface area contributed by atoms with Crippen molar-refractivity contribution in [2.75, 3.05) is 26.7 Å². The van der Waals surface area contributed by atoms with E-state index in [0.717, 1.165) is 41.8 Å². The fourth-order valence-corrected chi connectivity index (χ4v) is 9.86. The van der Waals surface area contributed by atoms with Crippen molar-refractivity contribution < 1.29 is 29.2 Å². The summed E-state index contributed by atoms with van der Waals surface area (Å²) in [6, 6.07) is 0. The van der Waals surface area contributed by atoms with Crippen LogP contribution in [0.15, 0.2) is 29.5 Å². The lowest BCUT2D eigenvalue weighted by molar-refractivity contribution is -0.401. The quantitative estimate of drug-likeness (QED) is 0.399. The molecule has 4 aliphatic carbocycles. The molecule has 5 fully saturated rings. The number of H-pyrrole nitrogens is 1. The highest BCUT2D eigenvalue weighted by atomic mass is 16.7. The SMILES string of the molecule is Cc1c[nH]c(C)c1C(=O)OC(C)C1=CC[C@@]23OCCN(C)C[C@@]12C[C@@H](O)[C@]12O[C@]4(O)CC[C@@]1(C)[C@H](CC=C32)C4. The van der Waals surface area contributed by atoms with Crippen LogP contribution in [0.25, 0.3) is 0 Å². The minimum absolute atomic E-state index is 0.252. The van der Waals surface area contributed by atoms with Crippen LogP contribution in [0, 0.1) is 30.6 Å². The van der Waals surface area contributed by atoms with E-state index < -0.39 is 34.6 Å². The molecule has 8 rings (SSSR count). The molecule has 39 heavy (non-hydrogen) atoms. The Morgan fingerprint density at radius 3 is 2.79 bits per heavy atom. The number of hydrogen-bond donors (Lipinski definition) is 3. The molecular formula is C31H42N2O6. The highest BCUT2D eigenvalue weighted by Crippen LogP contribution is 2.74. The third-order valence-electron chi connectivity index (χ3n) is 11.7. The van der Waals surface area contributed by atoms with Gasteiger partial charge in [0.2, 0.25) is 0 Å². The molecule has 8 nitrogen and oxygen atoms in total. The number of nitrogens with one attached hydrogen (secondary N) is 1. The maximum absolute atomic E-state index is 13.3. The molecule has 8 heteroatoms. The van der Waals surface area contributed by atoms with Gasteiger partial charge < -0.3 is 34.3 Å². The summed E-state index contributed by atoms with van der Waals surface area (Å²) >= 11 is 0. The second kappa shape index (κ2) is 8.07. The Balaban J connectivity index is 1.33. The Labute approximate surface area is 230 Å². The average molecular weight is 539 g/mol. The van der Waals surface area contributed by atoms with Crippen LogP contribution in [-0.4, -0.2) is 82.0 Å². The first-order valence-electron chi connectivity index (χ1n) is 14.6. The normalized spacial score (nSPS) is 45.4. The molecule has 7 aliphatic rings. The van der Waals surface area contributed by atoms with E-state index in [4.69, 9.17) is 14.2 Å². The number of fused-ring (bicyclic) bond motifs is 1. The number of ether oxygens (including phenoxy) is 3. The Hall–Kier alpha value is -1.97. The van der Waals surface area contributed by atoms with E-state index in [1.54, 1.807) is 0 Å². The molecule has 4 heterocycles. The average Bonchev–Trinajstić information content (AvgIpc) is 3.31. The largest absolute Gasteiger partial charge is 0.454 e. The van der Waals surface area contributed by atoms with E-state index in [1.807, 2.05) is 27.0 Å². The van der Waals surface area contributed by atoms with Gasteiger partial charge in [-0.2, -0.15) is 0 Å². The molecule has 1 spiro atoms. The summed E-state index contributed by atoms with van der Waals surface area (Å²) in [5, 5.41) is 23.8. The number of carbonyl (C=O) groups is 1. The van der Waals surface area contributed by atoms with Gasteiger partial charge in [-0.3, -0.25) is 0 Å². The van der Waals surface area contributed by atoms with E-state index in [0.29, 0.717) is 44.4 Å². The van der Waals surface area contributed by atoms with Gasteiger partial charge in [0.25, 0.3) is 0 Å². The van der Waals surface area contributed by atoms with Crippen LogP contribution < -0.4 is 0 Å². The van der Waals surface area contributed by atoms with Crippen LogP contribution in [0.1, 0.15) is 74.0 Å². The van der Waals surface area contributed by atoms with E-state index in [2.05, 4.69) is 36.0 Å². The Bertz CT molecular complexity index is 1280. The van der Waals surface area contributed by atoms with E-state index in [1.165, 1.54) is 0 Å². The van der Waals surface area contributed by atoms with Gasteiger partial charge in [-0.05, 0) is 76.1 Å². The van der Waals surface area contributed by atoms with E-state index in [9.17, 15) is 15.0 Å². The predicted octanol–water partition coefficient (Wildman–Crippen LogP) is 3.55. The maximum atomic E-state index is 13.3. The number of allylic oxidation sites excluding steroid dienone is 1. The topological polar surface area (TPSA) is 104 Å². The smallest absolute Gasteiger partial charge is 0.340 e. The second-order valence-corrected chi connectivity index (χ2v) is 13.6. The molecule has 212 valence electrons. The third kappa shape index (κ3) is 3.05. The monoisotopic (exact) mass is 538 g/mol. The Kier molecular flexibility index (Phi) is 5.37. The number of aryl methyl sites for hydroxylation is 2. The van der Waals surface area contributed by atoms with Crippen molar-refractivity contribution in [3.05, 3.63) is 46.3 Å². The number of hydrogen-bond acceptors (Lipinski definition) is 7. The van der Waals surface area contributed by atoms with Crippen molar-refractivity contribution >= 4 is 5.97 Å². The summed E-state index contributed by atoms with van der Waals surface area (Å²) in [4.78, 5) is 18.7. The molecule has 2 saturated carbocycles. The molecule has 0 radical (unpaired) electrons. The van der Waals surface area contributed by atoms with Gasteiger partial charge in [0, 0.05) is 48.7 Å². The highest BCUT2D eigenvalue weighted by molar-refractivity contribution is 5.92. The lowest BCUT2D eigenvalue weighted by atomic mass is 9.41. The summed E-state index contributed by atoms with van der Waals surface area (Å²) in [7, 11) is 2.10. The first-order chi connectivity index (χ1) is 18.4. The van der Waals surface area contributed by atoms with E-state index in [-0.39, 0.29) is 17.3 Å². The van der Waals surface area contributed by atoms with Gasteiger partial charge >= 0.3 is 5.97 Å². The van der Waals surface area contributed by atoms with Crippen LogP contribution in [-0.2, 0) is 14.2 Å². The van der Waals surface area contributed by atoms with Crippen molar-refractivity contribution in [3.63, 3.8) is 0 Å². The number of rotatable bonds is 3. The summed E-state index contributed by atoms with van der Waals surface area (Å²) < 4.78 is 19.9. The zero-order valence-electron chi connectivity index (χ0n) is 23.8. The van der Waals surface area contributed by atoms with E-state index >= 15 is 0 Å². The summed E-state index contributed by atoms with van der Waals surface area (Å²) in [6.45, 7) is 10.0. The molecular weight excluding hydrogens is 496 g/mol. The van der Waals surface area contributed by atoms with Gasteiger partial charge in [-0.25, -0.2) is 4.79 Å². The number of carbonyl (C=O) groups excluding carboxylic acids is 1. The first kappa shape index (κ1) is 26.0. The summed E-state index contributed by atoms with van der Waals surface area (Å²) in [5.74, 6) is -1.31. The van der Waals surface area contributed by atoms with Crippen molar-refractivity contribution in [2.24, 2.45) is 16.7 Å². The van der Waals surface area contributed by atoms with Gasteiger partial charge in [0.1, 0.15) is 17.3 Å². The van der Waals surface area contributed by atoms with Crippen LogP contribution in [0.5, 0.6) is 0 Å². The first-order valence-corrected chi connectivity index (χ1v) is 14.6. The number of aliphatic hydroxyl groups is 2. The van der Waals surface area contributed by atoms with Gasteiger partial charge in [0.05, 0.1) is 18.3 Å². The third-order valence-corrected chi connectivity index (χ3v) is 11.7. The van der Waals surface area contributed by atoms with Crippen LogP contribution in [0.4, 0.5) is 0 Å². The minimum atomic E-state index is -1.22. The molecule has 0 amide bonds. The molecule has 3 saturated heterocycles. The molecule has 3 aliphatic heterocycles. The van der Waals surface area contributed by atoms with Crippen LogP contribution in [0.2, 0.25) is 0 Å². The number of aliphatic hydroxyl groups excluding tert-OH is 1. The highest BCUT2D eigenvalue weighted by Gasteiger charge is 2.79. The molecule has 0 aromatic carbocycles. The number of aromatic nitrogens is 1. The van der Waals surface area contributed by atoms with Crippen LogP contribution >= 0.6 is 0 Å². The van der Waals surface area contributed by atoms with Crippen molar-refractivity contribution in [3.8, 4) is 0 Å². The van der Waals surface area contributed by atoms with Gasteiger partial charge in [-0.15, -0.1) is 0 Å². The van der Waals surface area contributed by atoms with Gasteiger partial charge in [0.15, 0.2) is 5.79 Å².